The number of nitro benzene ring substituents is 1. The summed E-state index contributed by atoms with van der Waals surface area (Å²) in [4.78, 5) is 21.2. The van der Waals surface area contributed by atoms with Gasteiger partial charge in [0, 0.05) is 15.7 Å². The number of nitro groups is 1. The van der Waals surface area contributed by atoms with Crippen molar-refractivity contribution in [2.24, 2.45) is 5.73 Å². The van der Waals surface area contributed by atoms with Crippen molar-refractivity contribution in [3.8, 4) is 0 Å². The third kappa shape index (κ3) is 4.00. The number of hydrogen-bond donors (Lipinski definition) is 1. The van der Waals surface area contributed by atoms with E-state index in [-0.39, 0.29) is 16.3 Å². The minimum Gasteiger partial charge on any atom is -0.368 e. The van der Waals surface area contributed by atoms with E-state index in [0.29, 0.717) is 0 Å². The molecule has 2 aromatic rings. The number of nitrogens with two attached hydrogens (primary N) is 1. The molecule has 2 rings (SSSR count). The van der Waals surface area contributed by atoms with Crippen molar-refractivity contribution in [3.63, 3.8) is 0 Å². The lowest BCUT2D eigenvalue weighted by atomic mass is 10.3. The molecule has 0 aliphatic heterocycles. The van der Waals surface area contributed by atoms with Gasteiger partial charge in [0.1, 0.15) is 6.54 Å². The number of rotatable bonds is 6. The summed E-state index contributed by atoms with van der Waals surface area (Å²) in [6.45, 7) is -0.578. The summed E-state index contributed by atoms with van der Waals surface area (Å²) < 4.78 is 27.3. The number of benzene rings is 2. The van der Waals surface area contributed by atoms with Gasteiger partial charge in [-0.25, -0.2) is 8.42 Å². The van der Waals surface area contributed by atoms with Gasteiger partial charge < -0.3 is 5.73 Å². The molecule has 0 aliphatic rings. The summed E-state index contributed by atoms with van der Waals surface area (Å²) in [5, 5.41) is 10.9. The standard InChI is InChI=1S/C14H12IN3O5S/c15-10-3-1-4-11(7-10)17(9-14(16)19)24(22,23)13-6-2-5-12(8-13)18(20)21/h1-8H,9H2,(H2,16,19). The normalized spacial score (nSPS) is 11.0. The number of nitrogens with zero attached hydrogens (tertiary/aromatic N) is 2. The summed E-state index contributed by atoms with van der Waals surface area (Å²) in [5.41, 5.74) is 5.05. The predicted molar refractivity (Wildman–Crippen MR) is 96.0 cm³/mol. The Labute approximate surface area is 151 Å². The summed E-state index contributed by atoms with van der Waals surface area (Å²) in [5.74, 6) is -0.845. The van der Waals surface area contributed by atoms with Crippen LogP contribution in [0.3, 0.4) is 0 Å². The van der Waals surface area contributed by atoms with Crippen LogP contribution in [0, 0.1) is 13.7 Å². The molecule has 0 fully saturated rings. The van der Waals surface area contributed by atoms with Crippen LogP contribution in [0.15, 0.2) is 53.4 Å². The van der Waals surface area contributed by atoms with Crippen LogP contribution in [0.1, 0.15) is 0 Å². The number of hydrogen-bond acceptors (Lipinski definition) is 5. The zero-order valence-electron chi connectivity index (χ0n) is 12.1. The van der Waals surface area contributed by atoms with Crippen LogP contribution in [-0.2, 0) is 14.8 Å². The molecule has 0 aromatic heterocycles. The van der Waals surface area contributed by atoms with Crippen LogP contribution >= 0.6 is 22.6 Å². The Balaban J connectivity index is 2.57. The van der Waals surface area contributed by atoms with E-state index in [0.717, 1.165) is 13.9 Å². The highest BCUT2D eigenvalue weighted by molar-refractivity contribution is 14.1. The van der Waals surface area contributed by atoms with Crippen molar-refractivity contribution in [2.45, 2.75) is 4.90 Å². The first-order valence-electron chi connectivity index (χ1n) is 6.53. The van der Waals surface area contributed by atoms with Crippen molar-refractivity contribution < 1.29 is 18.1 Å². The minimum absolute atomic E-state index is 0.243. The lowest BCUT2D eigenvalue weighted by Crippen LogP contribution is -2.38. The number of anilines is 1. The fraction of sp³-hybridized carbons (Fsp3) is 0.0714. The van der Waals surface area contributed by atoms with Crippen LogP contribution in [0.5, 0.6) is 0 Å². The second-order valence-electron chi connectivity index (χ2n) is 4.71. The smallest absolute Gasteiger partial charge is 0.270 e. The quantitative estimate of drug-likeness (QED) is 0.400. The van der Waals surface area contributed by atoms with Gasteiger partial charge in [-0.3, -0.25) is 19.2 Å². The molecule has 2 N–H and O–H groups in total. The Kier molecular flexibility index (Phi) is 5.39. The van der Waals surface area contributed by atoms with E-state index >= 15 is 0 Å². The van der Waals surface area contributed by atoms with E-state index in [1.807, 2.05) is 22.6 Å². The van der Waals surface area contributed by atoms with Crippen molar-refractivity contribution in [2.75, 3.05) is 10.8 Å². The zero-order valence-corrected chi connectivity index (χ0v) is 15.1. The van der Waals surface area contributed by atoms with Crippen LogP contribution < -0.4 is 10.0 Å². The van der Waals surface area contributed by atoms with E-state index in [9.17, 15) is 23.3 Å². The predicted octanol–water partition coefficient (Wildman–Crippen LogP) is 1.88. The molecular weight excluding hydrogens is 449 g/mol. The number of carbonyl (C=O) groups is 1. The third-order valence-electron chi connectivity index (χ3n) is 3.01. The lowest BCUT2D eigenvalue weighted by molar-refractivity contribution is -0.385. The number of amides is 1. The second-order valence-corrected chi connectivity index (χ2v) is 7.82. The van der Waals surface area contributed by atoms with E-state index in [4.69, 9.17) is 5.73 Å². The maximum Gasteiger partial charge on any atom is 0.270 e. The molecule has 0 atom stereocenters. The summed E-state index contributed by atoms with van der Waals surface area (Å²) in [7, 11) is -4.20. The van der Waals surface area contributed by atoms with Gasteiger partial charge in [0.2, 0.25) is 5.91 Å². The Hall–Kier alpha value is -2.21. The zero-order chi connectivity index (χ0) is 17.9. The van der Waals surface area contributed by atoms with Gasteiger partial charge in [0.25, 0.3) is 15.7 Å². The average Bonchev–Trinajstić information content (AvgIpc) is 2.52. The Morgan fingerprint density at radius 3 is 2.46 bits per heavy atom. The van der Waals surface area contributed by atoms with E-state index in [2.05, 4.69) is 0 Å². The number of sulfonamides is 1. The average molecular weight is 461 g/mol. The molecule has 8 nitrogen and oxygen atoms in total. The summed E-state index contributed by atoms with van der Waals surface area (Å²) in [6.07, 6.45) is 0. The van der Waals surface area contributed by atoms with E-state index in [1.54, 1.807) is 18.2 Å². The van der Waals surface area contributed by atoms with Crippen LogP contribution in [0.25, 0.3) is 0 Å². The van der Waals surface area contributed by atoms with E-state index in [1.165, 1.54) is 24.3 Å². The van der Waals surface area contributed by atoms with Crippen molar-refractivity contribution in [1.82, 2.24) is 0 Å². The van der Waals surface area contributed by atoms with Crippen LogP contribution in [0.2, 0.25) is 0 Å². The maximum atomic E-state index is 12.8. The van der Waals surface area contributed by atoms with Crippen molar-refractivity contribution in [3.05, 3.63) is 62.2 Å². The molecule has 0 saturated heterocycles. The fourth-order valence-electron chi connectivity index (χ4n) is 1.97. The maximum absolute atomic E-state index is 12.8. The highest BCUT2D eigenvalue weighted by atomic mass is 127. The molecular formula is C14H12IN3O5S. The first kappa shape index (κ1) is 18.1. The molecule has 0 heterocycles. The SMILES string of the molecule is NC(=O)CN(c1cccc(I)c1)S(=O)(=O)c1cccc([N+](=O)[O-])c1. The van der Waals surface area contributed by atoms with Gasteiger partial charge in [0.15, 0.2) is 0 Å². The molecule has 0 saturated carbocycles. The fourth-order valence-corrected chi connectivity index (χ4v) is 3.96. The Morgan fingerprint density at radius 1 is 1.21 bits per heavy atom. The van der Waals surface area contributed by atoms with Crippen molar-refractivity contribution >= 4 is 49.9 Å². The third-order valence-corrected chi connectivity index (χ3v) is 5.45. The summed E-state index contributed by atoms with van der Waals surface area (Å²) >= 11 is 2.00. The van der Waals surface area contributed by atoms with Gasteiger partial charge in [0.05, 0.1) is 15.5 Å². The molecule has 0 unspecified atom stereocenters. The largest absolute Gasteiger partial charge is 0.368 e. The van der Waals surface area contributed by atoms with Gasteiger partial charge >= 0.3 is 0 Å². The highest BCUT2D eigenvalue weighted by Crippen LogP contribution is 2.26. The first-order valence-corrected chi connectivity index (χ1v) is 9.05. The molecule has 0 radical (unpaired) electrons. The number of halogens is 1. The molecule has 10 heteroatoms. The Morgan fingerprint density at radius 2 is 1.88 bits per heavy atom. The molecule has 126 valence electrons. The van der Waals surface area contributed by atoms with Crippen LogP contribution in [0.4, 0.5) is 11.4 Å². The van der Waals surface area contributed by atoms with Gasteiger partial charge in [-0.2, -0.15) is 0 Å². The highest BCUT2D eigenvalue weighted by Gasteiger charge is 2.28. The molecule has 24 heavy (non-hydrogen) atoms. The monoisotopic (exact) mass is 461 g/mol. The van der Waals surface area contributed by atoms with Gasteiger partial charge in [-0.05, 0) is 46.9 Å². The second kappa shape index (κ2) is 7.13. The first-order chi connectivity index (χ1) is 11.2. The lowest BCUT2D eigenvalue weighted by Gasteiger charge is -2.23. The molecule has 2 aromatic carbocycles. The number of carbonyl (C=O) groups excluding carboxylic acids is 1. The number of primary amides is 1. The van der Waals surface area contributed by atoms with Crippen LogP contribution in [-0.4, -0.2) is 25.8 Å². The molecule has 0 aliphatic carbocycles. The topological polar surface area (TPSA) is 124 Å². The van der Waals surface area contributed by atoms with Gasteiger partial charge in [-0.1, -0.05) is 12.1 Å². The molecule has 0 bridgehead atoms. The van der Waals surface area contributed by atoms with Crippen molar-refractivity contribution in [1.29, 1.82) is 0 Å². The van der Waals surface area contributed by atoms with Gasteiger partial charge in [-0.15, -0.1) is 0 Å². The molecule has 1 amide bonds. The summed E-state index contributed by atoms with van der Waals surface area (Å²) in [6, 6.07) is 11.1. The molecule has 0 spiro atoms. The number of non-ortho nitro benzene ring substituents is 1. The Bertz CT molecular complexity index is 901. The van der Waals surface area contributed by atoms with E-state index < -0.39 is 27.4 Å². The minimum atomic E-state index is -4.20.